The first-order valence-electron chi connectivity index (χ1n) is 7.28. The third-order valence-electron chi connectivity index (χ3n) is 4.04. The first-order chi connectivity index (χ1) is 9.52. The van der Waals surface area contributed by atoms with Crippen LogP contribution < -0.4 is 5.32 Å². The van der Waals surface area contributed by atoms with E-state index in [2.05, 4.69) is 35.1 Å². The van der Waals surface area contributed by atoms with Crippen LogP contribution >= 0.6 is 15.9 Å². The molecule has 0 aliphatic carbocycles. The zero-order valence-corrected chi connectivity index (χ0v) is 14.4. The normalized spacial score (nSPS) is 13.5. The van der Waals surface area contributed by atoms with Gasteiger partial charge >= 0.3 is 0 Å². The van der Waals surface area contributed by atoms with Crippen LogP contribution in [0, 0.1) is 5.82 Å². The van der Waals surface area contributed by atoms with E-state index >= 15 is 0 Å². The smallest absolute Gasteiger partial charge is 0.137 e. The minimum atomic E-state index is -0.225. The number of hydrogen-bond acceptors (Lipinski definition) is 2. The zero-order chi connectivity index (χ0) is 15.2. The predicted octanol–water partition coefficient (Wildman–Crippen LogP) is 4.31. The van der Waals surface area contributed by atoms with Crippen LogP contribution in [0.15, 0.2) is 22.7 Å². The van der Waals surface area contributed by atoms with E-state index in [1.54, 1.807) is 0 Å². The summed E-state index contributed by atoms with van der Waals surface area (Å²) in [5, 5.41) is 3.38. The molecule has 1 N–H and O–H groups in total. The third kappa shape index (κ3) is 4.03. The topological polar surface area (TPSA) is 21.3 Å². The highest BCUT2D eigenvalue weighted by Gasteiger charge is 2.35. The van der Waals surface area contributed by atoms with E-state index in [-0.39, 0.29) is 17.5 Å². The van der Waals surface area contributed by atoms with Crippen LogP contribution in [0.1, 0.15) is 39.2 Å². The lowest BCUT2D eigenvalue weighted by molar-refractivity contribution is -0.0703. The zero-order valence-electron chi connectivity index (χ0n) is 12.8. The van der Waals surface area contributed by atoms with E-state index in [1.807, 2.05) is 26.1 Å². The molecule has 0 bridgehead atoms. The predicted molar refractivity (Wildman–Crippen MR) is 85.6 cm³/mol. The van der Waals surface area contributed by atoms with Crippen molar-refractivity contribution in [2.24, 2.45) is 0 Å². The number of rotatable bonds is 8. The van der Waals surface area contributed by atoms with E-state index < -0.39 is 0 Å². The molecule has 1 atom stereocenters. The summed E-state index contributed by atoms with van der Waals surface area (Å²) < 4.78 is 19.9. The molecular weight excluding hydrogens is 321 g/mol. The highest BCUT2D eigenvalue weighted by molar-refractivity contribution is 9.10. The second-order valence-corrected chi connectivity index (χ2v) is 5.85. The van der Waals surface area contributed by atoms with Crippen molar-refractivity contribution >= 4 is 15.9 Å². The van der Waals surface area contributed by atoms with Crippen molar-refractivity contribution in [1.29, 1.82) is 0 Å². The Balaban J connectivity index is 2.96. The average Bonchev–Trinajstić information content (AvgIpc) is 2.46. The molecule has 0 radical (unpaired) electrons. The van der Waals surface area contributed by atoms with E-state index in [1.165, 1.54) is 6.07 Å². The van der Waals surface area contributed by atoms with Crippen LogP contribution in [-0.2, 0) is 11.2 Å². The van der Waals surface area contributed by atoms with E-state index in [0.717, 1.165) is 24.8 Å². The minimum absolute atomic E-state index is 0.176. The van der Waals surface area contributed by atoms with Gasteiger partial charge in [0.2, 0.25) is 0 Å². The van der Waals surface area contributed by atoms with E-state index in [0.29, 0.717) is 11.1 Å². The molecule has 114 valence electrons. The second-order valence-electron chi connectivity index (χ2n) is 5.00. The first kappa shape index (κ1) is 17.6. The van der Waals surface area contributed by atoms with Crippen molar-refractivity contribution in [2.75, 3.05) is 13.7 Å². The van der Waals surface area contributed by atoms with Crippen LogP contribution in [0.5, 0.6) is 0 Å². The summed E-state index contributed by atoms with van der Waals surface area (Å²) in [5.41, 5.74) is 0.924. The fourth-order valence-electron chi connectivity index (χ4n) is 2.79. The molecule has 0 saturated carbocycles. The Labute approximate surface area is 130 Å². The van der Waals surface area contributed by atoms with Gasteiger partial charge in [0.25, 0.3) is 0 Å². The maximum absolute atomic E-state index is 13.3. The molecule has 1 aromatic rings. The molecule has 0 aliphatic rings. The summed E-state index contributed by atoms with van der Waals surface area (Å²) in [5.74, 6) is -0.225. The standard InChI is InChI=1S/C16H25BrFNO/c1-5-16(6-2,20-7-3)15(19-4)11-12-8-9-14(18)13(17)10-12/h8-10,15,19H,5-7,11H2,1-4H3. The molecule has 0 heterocycles. The van der Waals surface area contributed by atoms with Gasteiger partial charge in [-0.05, 0) is 66.9 Å². The Morgan fingerprint density at radius 1 is 1.30 bits per heavy atom. The number of nitrogens with one attached hydrogen (secondary N) is 1. The van der Waals surface area contributed by atoms with Crippen LogP contribution in [0.3, 0.4) is 0 Å². The van der Waals surface area contributed by atoms with Crippen LogP contribution in [0.2, 0.25) is 0 Å². The van der Waals surface area contributed by atoms with Gasteiger partial charge in [-0.25, -0.2) is 4.39 Å². The van der Waals surface area contributed by atoms with Gasteiger partial charge in [-0.15, -0.1) is 0 Å². The molecule has 0 amide bonds. The van der Waals surface area contributed by atoms with Crippen molar-refractivity contribution in [3.8, 4) is 0 Å². The first-order valence-corrected chi connectivity index (χ1v) is 8.07. The highest BCUT2D eigenvalue weighted by Crippen LogP contribution is 2.28. The maximum Gasteiger partial charge on any atom is 0.137 e. The molecule has 1 aromatic carbocycles. The van der Waals surface area contributed by atoms with E-state index in [9.17, 15) is 4.39 Å². The highest BCUT2D eigenvalue weighted by atomic mass is 79.9. The summed E-state index contributed by atoms with van der Waals surface area (Å²) in [4.78, 5) is 0. The largest absolute Gasteiger partial charge is 0.374 e. The number of halogens is 2. The van der Waals surface area contributed by atoms with Crippen molar-refractivity contribution in [1.82, 2.24) is 5.32 Å². The average molecular weight is 346 g/mol. The van der Waals surface area contributed by atoms with Crippen molar-refractivity contribution in [3.63, 3.8) is 0 Å². The second kappa shape index (κ2) is 8.11. The quantitative estimate of drug-likeness (QED) is 0.757. The Kier molecular flexibility index (Phi) is 7.13. The molecule has 0 fully saturated rings. The summed E-state index contributed by atoms with van der Waals surface area (Å²) in [6, 6.07) is 5.40. The molecule has 2 nitrogen and oxygen atoms in total. The lowest BCUT2D eigenvalue weighted by Gasteiger charge is -2.39. The Bertz CT molecular complexity index is 421. The van der Waals surface area contributed by atoms with Crippen molar-refractivity contribution < 1.29 is 9.13 Å². The SMILES string of the molecule is CCOC(CC)(CC)C(Cc1ccc(F)c(Br)c1)NC. The Hall–Kier alpha value is -0.450. The molecular formula is C16H25BrFNO. The van der Waals surface area contributed by atoms with Crippen molar-refractivity contribution in [3.05, 3.63) is 34.1 Å². The number of ether oxygens (including phenoxy) is 1. The minimum Gasteiger partial charge on any atom is -0.374 e. The summed E-state index contributed by atoms with van der Waals surface area (Å²) in [7, 11) is 1.96. The fourth-order valence-corrected chi connectivity index (χ4v) is 3.21. The van der Waals surface area contributed by atoms with Gasteiger partial charge in [0.1, 0.15) is 5.82 Å². The summed E-state index contributed by atoms with van der Waals surface area (Å²) >= 11 is 3.25. The fraction of sp³-hybridized carbons (Fsp3) is 0.625. The van der Waals surface area contributed by atoms with Crippen molar-refractivity contribution in [2.45, 2.75) is 51.7 Å². The molecule has 0 aliphatic heterocycles. The summed E-state index contributed by atoms with van der Waals surface area (Å²) in [6.07, 6.45) is 2.72. The van der Waals surface area contributed by atoms with Crippen LogP contribution in [0.25, 0.3) is 0 Å². The van der Waals surface area contributed by atoms with Gasteiger partial charge in [0, 0.05) is 12.6 Å². The van der Waals surface area contributed by atoms with Gasteiger partial charge in [0.05, 0.1) is 10.1 Å². The van der Waals surface area contributed by atoms with Crippen LogP contribution in [0.4, 0.5) is 4.39 Å². The molecule has 4 heteroatoms. The lowest BCUT2D eigenvalue weighted by Crippen LogP contribution is -2.52. The maximum atomic E-state index is 13.3. The molecule has 1 unspecified atom stereocenters. The third-order valence-corrected chi connectivity index (χ3v) is 4.64. The molecule has 0 aromatic heterocycles. The number of hydrogen-bond donors (Lipinski definition) is 1. The molecule has 0 spiro atoms. The number of likely N-dealkylation sites (N-methyl/N-ethyl adjacent to an activating group) is 1. The van der Waals surface area contributed by atoms with Gasteiger partial charge in [-0.1, -0.05) is 19.9 Å². The monoisotopic (exact) mass is 345 g/mol. The van der Waals surface area contributed by atoms with Gasteiger partial charge in [0.15, 0.2) is 0 Å². The summed E-state index contributed by atoms with van der Waals surface area (Å²) in [6.45, 7) is 7.04. The molecule has 20 heavy (non-hydrogen) atoms. The number of benzene rings is 1. The molecule has 0 saturated heterocycles. The van der Waals surface area contributed by atoms with Gasteiger partial charge < -0.3 is 10.1 Å². The van der Waals surface area contributed by atoms with Crippen LogP contribution in [-0.4, -0.2) is 25.3 Å². The van der Waals surface area contributed by atoms with Gasteiger partial charge in [-0.2, -0.15) is 0 Å². The Morgan fingerprint density at radius 2 is 1.95 bits per heavy atom. The van der Waals surface area contributed by atoms with E-state index in [4.69, 9.17) is 4.74 Å². The molecule has 1 rings (SSSR count). The van der Waals surface area contributed by atoms with Gasteiger partial charge in [-0.3, -0.25) is 0 Å². The lowest BCUT2D eigenvalue weighted by atomic mass is 9.84. The Morgan fingerprint density at radius 3 is 2.40 bits per heavy atom.